The monoisotopic (exact) mass is 433 g/mol. The summed E-state index contributed by atoms with van der Waals surface area (Å²) >= 11 is 6.14. The molecule has 0 atom stereocenters. The molecule has 0 saturated carbocycles. The van der Waals surface area contributed by atoms with Gasteiger partial charge in [-0.3, -0.25) is 14.9 Å². The van der Waals surface area contributed by atoms with E-state index in [4.69, 9.17) is 16.3 Å². The number of para-hydroxylation sites is 1. The van der Waals surface area contributed by atoms with Crippen molar-refractivity contribution in [2.24, 2.45) is 0 Å². The molecular formula is C23H16ClN3O4. The van der Waals surface area contributed by atoms with Gasteiger partial charge >= 0.3 is 0 Å². The number of halogens is 1. The van der Waals surface area contributed by atoms with E-state index in [0.717, 1.165) is 11.3 Å². The van der Waals surface area contributed by atoms with E-state index in [2.05, 4.69) is 10.3 Å². The number of nitro benzene ring substituents is 1. The van der Waals surface area contributed by atoms with Crippen molar-refractivity contribution in [3.8, 4) is 17.0 Å². The number of hydrogen-bond acceptors (Lipinski definition) is 5. The molecule has 3 aromatic carbocycles. The van der Waals surface area contributed by atoms with Crippen LogP contribution in [0, 0.1) is 10.1 Å². The lowest BCUT2D eigenvalue weighted by Gasteiger charge is -2.12. The molecule has 0 aliphatic carbocycles. The second-order valence-corrected chi connectivity index (χ2v) is 7.08. The normalized spacial score (nSPS) is 10.6. The summed E-state index contributed by atoms with van der Waals surface area (Å²) in [5.74, 6) is 0.319. The Hall–Kier alpha value is -3.97. The first-order valence-corrected chi connectivity index (χ1v) is 9.63. The largest absolute Gasteiger partial charge is 0.497 e. The van der Waals surface area contributed by atoms with Crippen LogP contribution in [-0.4, -0.2) is 22.9 Å². The third kappa shape index (κ3) is 4.17. The molecule has 154 valence electrons. The number of amides is 1. The number of anilines is 1. The number of methoxy groups -OCH3 is 1. The summed E-state index contributed by atoms with van der Waals surface area (Å²) in [6, 6.07) is 20.3. The predicted molar refractivity (Wildman–Crippen MR) is 120 cm³/mol. The van der Waals surface area contributed by atoms with Crippen LogP contribution in [0.1, 0.15) is 10.4 Å². The van der Waals surface area contributed by atoms with Gasteiger partial charge in [-0.25, -0.2) is 4.98 Å². The van der Waals surface area contributed by atoms with E-state index in [1.165, 1.54) is 18.2 Å². The fourth-order valence-corrected chi connectivity index (χ4v) is 3.40. The van der Waals surface area contributed by atoms with Crippen molar-refractivity contribution in [2.75, 3.05) is 12.4 Å². The average molecular weight is 434 g/mol. The fourth-order valence-electron chi connectivity index (χ4n) is 3.18. The Morgan fingerprint density at radius 1 is 1.06 bits per heavy atom. The number of carbonyl (C=O) groups excluding carboxylic acids is 1. The maximum atomic E-state index is 13.1. The van der Waals surface area contributed by atoms with Gasteiger partial charge in [0.1, 0.15) is 5.75 Å². The van der Waals surface area contributed by atoms with Gasteiger partial charge in [0.2, 0.25) is 0 Å². The molecule has 0 unspecified atom stereocenters. The van der Waals surface area contributed by atoms with Gasteiger partial charge in [-0.1, -0.05) is 29.8 Å². The second-order valence-electron chi connectivity index (χ2n) is 6.68. The van der Waals surface area contributed by atoms with Crippen LogP contribution in [0.2, 0.25) is 5.02 Å². The lowest BCUT2D eigenvalue weighted by Crippen LogP contribution is -2.13. The summed E-state index contributed by atoms with van der Waals surface area (Å²) < 4.78 is 5.20. The minimum Gasteiger partial charge on any atom is -0.497 e. The standard InChI is InChI=1S/C23H16ClN3O4/c1-31-16-9-6-14(7-10-16)22-13-18(17-4-2-3-5-20(17)25-22)23(28)26-21-11-8-15(27(29)30)12-19(21)24/h2-13H,1H3,(H,26,28). The molecule has 31 heavy (non-hydrogen) atoms. The van der Waals surface area contributed by atoms with E-state index in [9.17, 15) is 14.9 Å². The highest BCUT2D eigenvalue weighted by Crippen LogP contribution is 2.30. The van der Waals surface area contributed by atoms with E-state index in [1.54, 1.807) is 13.2 Å². The zero-order valence-corrected chi connectivity index (χ0v) is 17.1. The molecule has 0 bridgehead atoms. The SMILES string of the molecule is COc1ccc(-c2cc(C(=O)Nc3ccc([N+](=O)[O-])cc3Cl)c3ccccc3n2)cc1. The summed E-state index contributed by atoms with van der Waals surface area (Å²) in [7, 11) is 1.59. The number of nitro groups is 1. The quantitative estimate of drug-likeness (QED) is 0.320. The lowest BCUT2D eigenvalue weighted by molar-refractivity contribution is -0.384. The highest BCUT2D eigenvalue weighted by Gasteiger charge is 2.17. The molecule has 1 amide bonds. The number of nitrogens with zero attached hydrogens (tertiary/aromatic N) is 2. The van der Waals surface area contributed by atoms with Gasteiger partial charge in [0.05, 0.1) is 39.5 Å². The molecule has 0 fully saturated rings. The third-order valence-electron chi connectivity index (χ3n) is 4.76. The zero-order chi connectivity index (χ0) is 22.0. The summed E-state index contributed by atoms with van der Waals surface area (Å²) in [6.07, 6.45) is 0. The van der Waals surface area contributed by atoms with Crippen LogP contribution in [0.5, 0.6) is 5.75 Å². The van der Waals surface area contributed by atoms with Crippen LogP contribution in [-0.2, 0) is 0 Å². The number of nitrogens with one attached hydrogen (secondary N) is 1. The number of benzene rings is 3. The van der Waals surface area contributed by atoms with Crippen molar-refractivity contribution in [3.05, 3.63) is 93.5 Å². The molecule has 0 aliphatic heterocycles. The van der Waals surface area contributed by atoms with Crippen LogP contribution in [0.15, 0.2) is 72.8 Å². The third-order valence-corrected chi connectivity index (χ3v) is 5.07. The van der Waals surface area contributed by atoms with Crippen LogP contribution in [0.25, 0.3) is 22.2 Å². The number of ether oxygens (including phenoxy) is 1. The van der Waals surface area contributed by atoms with Crippen molar-refractivity contribution in [1.29, 1.82) is 0 Å². The van der Waals surface area contributed by atoms with Gasteiger partial charge < -0.3 is 10.1 Å². The molecule has 4 aromatic rings. The summed E-state index contributed by atoms with van der Waals surface area (Å²) in [5.41, 5.74) is 2.65. The minimum absolute atomic E-state index is 0.0799. The number of hydrogen-bond donors (Lipinski definition) is 1. The number of fused-ring (bicyclic) bond motifs is 1. The molecule has 0 saturated heterocycles. The van der Waals surface area contributed by atoms with Gasteiger partial charge in [-0.2, -0.15) is 0 Å². The van der Waals surface area contributed by atoms with Crippen molar-refractivity contribution in [1.82, 2.24) is 4.98 Å². The number of aromatic nitrogens is 1. The number of rotatable bonds is 5. The van der Waals surface area contributed by atoms with Gasteiger partial charge in [-0.05, 0) is 42.5 Å². The predicted octanol–water partition coefficient (Wildman–Crippen LogP) is 5.72. The molecule has 7 nitrogen and oxygen atoms in total. The van der Waals surface area contributed by atoms with Crippen LogP contribution in [0.4, 0.5) is 11.4 Å². The van der Waals surface area contributed by atoms with Crippen molar-refractivity contribution >= 4 is 39.8 Å². The Balaban J connectivity index is 1.75. The van der Waals surface area contributed by atoms with E-state index in [1.807, 2.05) is 48.5 Å². The van der Waals surface area contributed by atoms with Gasteiger partial charge in [0, 0.05) is 23.1 Å². The first-order valence-electron chi connectivity index (χ1n) is 9.26. The highest BCUT2D eigenvalue weighted by molar-refractivity contribution is 6.34. The Bertz CT molecular complexity index is 1310. The van der Waals surface area contributed by atoms with E-state index in [0.29, 0.717) is 22.2 Å². The van der Waals surface area contributed by atoms with E-state index < -0.39 is 10.8 Å². The first kappa shape index (κ1) is 20.3. The molecule has 1 aromatic heterocycles. The minimum atomic E-state index is -0.547. The molecule has 8 heteroatoms. The summed E-state index contributed by atoms with van der Waals surface area (Å²) in [5, 5.41) is 14.4. The summed E-state index contributed by atoms with van der Waals surface area (Å²) in [4.78, 5) is 28.2. The number of carbonyl (C=O) groups is 1. The fraction of sp³-hybridized carbons (Fsp3) is 0.0435. The van der Waals surface area contributed by atoms with Crippen LogP contribution in [0.3, 0.4) is 0 Å². The number of non-ortho nitro benzene ring substituents is 1. The smallest absolute Gasteiger partial charge is 0.271 e. The Morgan fingerprint density at radius 3 is 2.48 bits per heavy atom. The maximum absolute atomic E-state index is 13.1. The van der Waals surface area contributed by atoms with Crippen LogP contribution < -0.4 is 10.1 Å². The van der Waals surface area contributed by atoms with Crippen LogP contribution >= 0.6 is 11.6 Å². The molecule has 4 rings (SSSR count). The molecule has 0 spiro atoms. The molecule has 1 N–H and O–H groups in total. The number of pyridine rings is 1. The first-order chi connectivity index (χ1) is 15.0. The van der Waals surface area contributed by atoms with Crippen molar-refractivity contribution in [3.63, 3.8) is 0 Å². The zero-order valence-electron chi connectivity index (χ0n) is 16.3. The van der Waals surface area contributed by atoms with E-state index in [-0.39, 0.29) is 16.4 Å². The molecule has 0 aliphatic rings. The Kier molecular flexibility index (Phi) is 5.51. The topological polar surface area (TPSA) is 94.4 Å². The van der Waals surface area contributed by atoms with E-state index >= 15 is 0 Å². The van der Waals surface area contributed by atoms with Gasteiger partial charge in [-0.15, -0.1) is 0 Å². The van der Waals surface area contributed by atoms with Gasteiger partial charge in [0.25, 0.3) is 11.6 Å². The van der Waals surface area contributed by atoms with Crippen molar-refractivity contribution in [2.45, 2.75) is 0 Å². The Labute approximate surface area is 182 Å². The lowest BCUT2D eigenvalue weighted by atomic mass is 10.0. The molecule has 0 radical (unpaired) electrons. The average Bonchev–Trinajstić information content (AvgIpc) is 2.79. The highest BCUT2D eigenvalue weighted by atomic mass is 35.5. The van der Waals surface area contributed by atoms with Crippen molar-refractivity contribution < 1.29 is 14.5 Å². The molecule has 1 heterocycles. The van der Waals surface area contributed by atoms with Gasteiger partial charge in [0.15, 0.2) is 0 Å². The Morgan fingerprint density at radius 2 is 1.81 bits per heavy atom. The second kappa shape index (κ2) is 8.41. The maximum Gasteiger partial charge on any atom is 0.271 e. The molecular weight excluding hydrogens is 418 g/mol. The summed E-state index contributed by atoms with van der Waals surface area (Å²) in [6.45, 7) is 0.